The number of nitrogens with zero attached hydrogens (tertiary/aromatic N) is 2. The molecule has 0 atom stereocenters. The zero-order chi connectivity index (χ0) is 21.1. The third-order valence-corrected chi connectivity index (χ3v) is 6.94. The highest BCUT2D eigenvalue weighted by molar-refractivity contribution is 7.92. The van der Waals surface area contributed by atoms with Crippen molar-refractivity contribution in [3.63, 3.8) is 0 Å². The van der Waals surface area contributed by atoms with Crippen molar-refractivity contribution in [2.24, 2.45) is 0 Å². The summed E-state index contributed by atoms with van der Waals surface area (Å²) in [6.45, 7) is 5.98. The van der Waals surface area contributed by atoms with Crippen LogP contribution < -0.4 is 22.4 Å². The lowest BCUT2D eigenvalue weighted by Crippen LogP contribution is -3.00. The van der Waals surface area contributed by atoms with Crippen LogP contribution in [0.5, 0.6) is 5.75 Å². The first-order valence-corrected chi connectivity index (χ1v) is 11.3. The summed E-state index contributed by atoms with van der Waals surface area (Å²) in [5.74, 6) is -0.993. The number of hydrogen-bond acceptors (Lipinski definition) is 5. The Morgan fingerprint density at radius 2 is 1.90 bits per heavy atom. The highest BCUT2D eigenvalue weighted by atomic mass is 35.5. The monoisotopic (exact) mass is 488 g/mol. The Labute approximate surface area is 188 Å². The van der Waals surface area contributed by atoms with Crippen LogP contribution in [-0.2, 0) is 14.8 Å². The molecule has 12 heteroatoms. The number of carbonyl (C=O) groups is 1. The van der Waals surface area contributed by atoms with Gasteiger partial charge in [-0.25, -0.2) is 8.42 Å². The van der Waals surface area contributed by atoms with E-state index in [1.807, 2.05) is 0 Å². The molecule has 0 aliphatic carbocycles. The normalized spacial score (nSPS) is 16.7. The Bertz CT molecular complexity index is 844. The molecule has 0 aromatic heterocycles. The van der Waals surface area contributed by atoms with Gasteiger partial charge in [-0.3, -0.25) is 14.4 Å². The van der Waals surface area contributed by atoms with Crippen LogP contribution >= 0.6 is 23.2 Å². The van der Waals surface area contributed by atoms with E-state index in [-0.39, 0.29) is 39.6 Å². The predicted molar refractivity (Wildman–Crippen MR) is 113 cm³/mol. The summed E-state index contributed by atoms with van der Waals surface area (Å²) < 4.78 is 28.1. The number of aromatic hydroxyl groups is 1. The summed E-state index contributed by atoms with van der Waals surface area (Å²) in [5, 5.41) is 12.4. The fourth-order valence-corrected chi connectivity index (χ4v) is 4.76. The number of phenolic OH excluding ortho intramolecular Hbond substituents is 1. The second-order valence-electron chi connectivity index (χ2n) is 7.49. The number of piperazine rings is 1. The summed E-state index contributed by atoms with van der Waals surface area (Å²) in [6.07, 6.45) is 0.488. The van der Waals surface area contributed by atoms with Gasteiger partial charge in [0.2, 0.25) is 15.9 Å². The summed E-state index contributed by atoms with van der Waals surface area (Å²) >= 11 is 12.1. The van der Waals surface area contributed by atoms with Gasteiger partial charge in [0.1, 0.15) is 5.02 Å². The molecule has 1 aromatic rings. The Hall–Kier alpha value is -0.970. The first-order chi connectivity index (χ1) is 12.9. The van der Waals surface area contributed by atoms with E-state index < -0.39 is 21.7 Å². The molecule has 166 valence electrons. The number of quaternary nitrogens is 1. The molecule has 1 aliphatic rings. The minimum absolute atomic E-state index is 0. The van der Waals surface area contributed by atoms with Gasteiger partial charge < -0.3 is 27.3 Å². The summed E-state index contributed by atoms with van der Waals surface area (Å²) in [4.78, 5) is 13.5. The Morgan fingerprint density at radius 1 is 1.31 bits per heavy atom. The van der Waals surface area contributed by atoms with Crippen LogP contribution in [-0.4, -0.2) is 81.4 Å². The van der Waals surface area contributed by atoms with Crippen molar-refractivity contribution in [3.8, 4) is 5.75 Å². The second-order valence-corrected chi connectivity index (χ2v) is 10.1. The minimum atomic E-state index is -3.70. The third kappa shape index (κ3) is 7.34. The molecule has 0 bridgehead atoms. The van der Waals surface area contributed by atoms with E-state index in [9.17, 15) is 18.3 Å². The molecular weight excluding hydrogens is 463 g/mol. The number of carbonyl (C=O) groups excluding carboxylic acids is 1. The summed E-state index contributed by atoms with van der Waals surface area (Å²) in [5.41, 5.74) is -0.0899. The number of halogens is 3. The lowest BCUT2D eigenvalue weighted by atomic mass is 10.2. The van der Waals surface area contributed by atoms with Crippen LogP contribution in [0.2, 0.25) is 10.0 Å². The van der Waals surface area contributed by atoms with Crippen molar-refractivity contribution >= 4 is 50.5 Å². The number of likely N-dealkylation sites (N-methyl/N-ethyl adjacent to an activating group) is 2. The molecule has 1 heterocycles. The minimum Gasteiger partial charge on any atom is -1.00 e. The first-order valence-electron chi connectivity index (χ1n) is 8.93. The van der Waals surface area contributed by atoms with Crippen LogP contribution in [0.3, 0.4) is 0 Å². The molecule has 29 heavy (non-hydrogen) atoms. The lowest BCUT2D eigenvalue weighted by Gasteiger charge is -2.41. The molecule has 0 radical (unpaired) electrons. The number of amides is 1. The van der Waals surface area contributed by atoms with E-state index in [1.54, 1.807) is 0 Å². The molecule has 3 N–H and O–H groups in total. The van der Waals surface area contributed by atoms with Gasteiger partial charge in [0, 0.05) is 26.4 Å². The van der Waals surface area contributed by atoms with Gasteiger partial charge in [0.25, 0.3) is 0 Å². The van der Waals surface area contributed by atoms with Gasteiger partial charge >= 0.3 is 0 Å². The predicted octanol–water partition coefficient (Wildman–Crippen LogP) is -0.815. The van der Waals surface area contributed by atoms with Crippen molar-refractivity contribution in [3.05, 3.63) is 16.1 Å². The van der Waals surface area contributed by atoms with Crippen LogP contribution in [0, 0.1) is 0 Å². The molecular formula is C17H27Cl3N4O4S. The molecule has 0 spiro atoms. The molecule has 8 nitrogen and oxygen atoms in total. The molecule has 1 aliphatic heterocycles. The van der Waals surface area contributed by atoms with Gasteiger partial charge in [-0.15, -0.1) is 0 Å². The molecule has 1 fully saturated rings. The largest absolute Gasteiger partial charge is 1.00 e. The van der Waals surface area contributed by atoms with E-state index in [1.165, 1.54) is 13.0 Å². The number of rotatable bonds is 7. The zero-order valence-electron chi connectivity index (χ0n) is 16.6. The van der Waals surface area contributed by atoms with E-state index >= 15 is 0 Å². The zero-order valence-corrected chi connectivity index (χ0v) is 19.7. The number of nitrogens with one attached hydrogen (secondary N) is 2. The standard InChI is InChI=1S/C17H26Cl2N4O4S.ClH/c1-12(24)20-16-13(18)11-14(17(25)15(16)19)21-28(26,27)10-4-7-23(3)8-5-22(2)6-9-23;/h11,21H,4-10H2,1-3H3,(H-,20,24,25);1H. The SMILES string of the molecule is CC(=O)Nc1c(Cl)cc(NS(=O)(=O)CCC[N+]2(C)CCN(C)CC2)c(O)c1Cl.[Cl-]. The summed E-state index contributed by atoms with van der Waals surface area (Å²) in [7, 11) is 0.519. The Kier molecular flexibility index (Phi) is 9.32. The average Bonchev–Trinajstić information content (AvgIpc) is 2.59. The molecule has 0 saturated carbocycles. The maximum absolute atomic E-state index is 12.4. The van der Waals surface area contributed by atoms with Crippen molar-refractivity contribution in [2.75, 3.05) is 62.6 Å². The Morgan fingerprint density at radius 3 is 2.45 bits per heavy atom. The van der Waals surface area contributed by atoms with Gasteiger partial charge in [0.05, 0.1) is 48.8 Å². The van der Waals surface area contributed by atoms with E-state index in [0.29, 0.717) is 6.42 Å². The molecule has 0 unspecified atom stereocenters. The highest BCUT2D eigenvalue weighted by Crippen LogP contribution is 2.43. The highest BCUT2D eigenvalue weighted by Gasteiger charge is 2.27. The molecule has 1 amide bonds. The molecule has 1 aromatic carbocycles. The van der Waals surface area contributed by atoms with Crippen molar-refractivity contribution in [1.29, 1.82) is 0 Å². The summed E-state index contributed by atoms with van der Waals surface area (Å²) in [6, 6.07) is 1.22. The molecule has 2 rings (SSSR count). The fraction of sp³-hybridized carbons (Fsp3) is 0.588. The number of anilines is 2. The number of benzene rings is 1. The van der Waals surface area contributed by atoms with Gasteiger partial charge in [-0.1, -0.05) is 23.2 Å². The fourth-order valence-electron chi connectivity index (χ4n) is 3.10. The molecule has 1 saturated heterocycles. The van der Waals surface area contributed by atoms with Crippen molar-refractivity contribution in [1.82, 2.24) is 4.90 Å². The lowest BCUT2D eigenvalue weighted by molar-refractivity contribution is -0.913. The van der Waals surface area contributed by atoms with E-state index in [4.69, 9.17) is 23.2 Å². The Balaban J connectivity index is 0.00000420. The van der Waals surface area contributed by atoms with Crippen molar-refractivity contribution < 1.29 is 35.2 Å². The van der Waals surface area contributed by atoms with Crippen LogP contribution in [0.25, 0.3) is 0 Å². The van der Waals surface area contributed by atoms with Gasteiger partial charge in [-0.05, 0) is 13.1 Å². The van der Waals surface area contributed by atoms with Crippen LogP contribution in [0.4, 0.5) is 11.4 Å². The van der Waals surface area contributed by atoms with Crippen LogP contribution in [0.15, 0.2) is 6.07 Å². The second kappa shape index (κ2) is 10.4. The van der Waals surface area contributed by atoms with Crippen molar-refractivity contribution in [2.45, 2.75) is 13.3 Å². The number of phenols is 1. The topological polar surface area (TPSA) is 98.7 Å². The first kappa shape index (κ1) is 26.1. The van der Waals surface area contributed by atoms with Gasteiger partial charge in [0.15, 0.2) is 5.75 Å². The van der Waals surface area contributed by atoms with E-state index in [0.717, 1.165) is 37.2 Å². The maximum atomic E-state index is 12.4. The van der Waals surface area contributed by atoms with Crippen LogP contribution in [0.1, 0.15) is 13.3 Å². The smallest absolute Gasteiger partial charge is 0.233 e. The number of hydrogen-bond donors (Lipinski definition) is 3. The number of sulfonamides is 1. The quantitative estimate of drug-likeness (QED) is 0.344. The third-order valence-electron chi connectivity index (χ3n) is 4.91. The average molecular weight is 490 g/mol. The van der Waals surface area contributed by atoms with Gasteiger partial charge in [-0.2, -0.15) is 0 Å². The van der Waals surface area contributed by atoms with E-state index in [2.05, 4.69) is 29.0 Å². The maximum Gasteiger partial charge on any atom is 0.233 e.